The number of hydrogen-bond donors (Lipinski definition) is 1. The summed E-state index contributed by atoms with van der Waals surface area (Å²) in [6.07, 6.45) is 5.36. The quantitative estimate of drug-likeness (QED) is 0.904. The van der Waals surface area contributed by atoms with Crippen molar-refractivity contribution in [1.29, 1.82) is 0 Å². The first kappa shape index (κ1) is 15.0. The standard InChI is InChI=1S/C15H26BrN3/c1-5-19-12(14(16)11(2)18-19)10-17-13-8-6-7-9-15(13,3)4/h13,17H,5-10H2,1-4H3. The molecule has 1 saturated carbocycles. The Balaban J connectivity index is 2.06. The van der Waals surface area contributed by atoms with E-state index >= 15 is 0 Å². The second-order valence-electron chi connectivity index (χ2n) is 6.33. The zero-order chi connectivity index (χ0) is 14.0. The van der Waals surface area contributed by atoms with Crippen LogP contribution in [0.4, 0.5) is 0 Å². The lowest BCUT2D eigenvalue weighted by Crippen LogP contribution is -2.44. The topological polar surface area (TPSA) is 29.9 Å². The SMILES string of the molecule is CCn1nc(C)c(Br)c1CNC1CCCCC1(C)C. The van der Waals surface area contributed by atoms with E-state index in [1.165, 1.54) is 31.4 Å². The molecule has 0 aliphatic heterocycles. The van der Waals surface area contributed by atoms with Crippen molar-refractivity contribution in [3.63, 3.8) is 0 Å². The van der Waals surface area contributed by atoms with Gasteiger partial charge in [0.05, 0.1) is 15.9 Å². The number of rotatable bonds is 4. The average molecular weight is 328 g/mol. The molecule has 0 amide bonds. The molecular weight excluding hydrogens is 302 g/mol. The first-order chi connectivity index (χ1) is 8.95. The van der Waals surface area contributed by atoms with Gasteiger partial charge in [-0.15, -0.1) is 0 Å². The van der Waals surface area contributed by atoms with Crippen LogP contribution >= 0.6 is 15.9 Å². The third kappa shape index (κ3) is 3.22. The van der Waals surface area contributed by atoms with Gasteiger partial charge in [0.1, 0.15) is 0 Å². The number of halogens is 1. The van der Waals surface area contributed by atoms with Crippen molar-refractivity contribution in [3.8, 4) is 0 Å². The molecule has 1 N–H and O–H groups in total. The van der Waals surface area contributed by atoms with E-state index in [9.17, 15) is 0 Å². The summed E-state index contributed by atoms with van der Waals surface area (Å²) in [7, 11) is 0. The maximum absolute atomic E-state index is 4.56. The Bertz CT molecular complexity index is 437. The maximum Gasteiger partial charge on any atom is 0.0739 e. The van der Waals surface area contributed by atoms with Gasteiger partial charge in [-0.25, -0.2) is 0 Å². The highest BCUT2D eigenvalue weighted by Crippen LogP contribution is 2.35. The summed E-state index contributed by atoms with van der Waals surface area (Å²) in [5.41, 5.74) is 2.78. The number of hydrogen-bond acceptors (Lipinski definition) is 2. The first-order valence-corrected chi connectivity index (χ1v) is 8.20. The van der Waals surface area contributed by atoms with Gasteiger partial charge in [0.2, 0.25) is 0 Å². The third-order valence-corrected chi connectivity index (χ3v) is 5.51. The minimum atomic E-state index is 0.414. The highest BCUT2D eigenvalue weighted by Gasteiger charge is 2.31. The summed E-state index contributed by atoms with van der Waals surface area (Å²) >= 11 is 3.67. The summed E-state index contributed by atoms with van der Waals surface area (Å²) < 4.78 is 3.26. The summed E-state index contributed by atoms with van der Waals surface area (Å²) in [5.74, 6) is 0. The molecule has 1 fully saturated rings. The normalized spacial score (nSPS) is 22.7. The van der Waals surface area contributed by atoms with Crippen LogP contribution in [0.15, 0.2) is 4.47 Å². The van der Waals surface area contributed by atoms with Gasteiger partial charge in [-0.2, -0.15) is 5.10 Å². The molecule has 1 aliphatic carbocycles. The zero-order valence-electron chi connectivity index (χ0n) is 12.6. The van der Waals surface area contributed by atoms with Crippen LogP contribution in [0.2, 0.25) is 0 Å². The van der Waals surface area contributed by atoms with E-state index < -0.39 is 0 Å². The molecule has 1 unspecified atom stereocenters. The predicted octanol–water partition coefficient (Wildman–Crippen LogP) is 4.03. The van der Waals surface area contributed by atoms with Gasteiger partial charge in [0, 0.05) is 19.1 Å². The smallest absolute Gasteiger partial charge is 0.0739 e. The monoisotopic (exact) mass is 327 g/mol. The molecule has 1 atom stereocenters. The minimum absolute atomic E-state index is 0.414. The van der Waals surface area contributed by atoms with Crippen molar-refractivity contribution in [2.45, 2.75) is 72.5 Å². The fourth-order valence-corrected chi connectivity index (χ4v) is 3.55. The van der Waals surface area contributed by atoms with Crippen molar-refractivity contribution in [2.24, 2.45) is 5.41 Å². The lowest BCUT2D eigenvalue weighted by Gasteiger charge is -2.39. The van der Waals surface area contributed by atoms with Gasteiger partial charge in [-0.05, 0) is 48.0 Å². The second-order valence-corrected chi connectivity index (χ2v) is 7.12. The number of nitrogens with one attached hydrogen (secondary N) is 1. The van der Waals surface area contributed by atoms with Gasteiger partial charge in [0.15, 0.2) is 0 Å². The van der Waals surface area contributed by atoms with Crippen molar-refractivity contribution in [2.75, 3.05) is 0 Å². The predicted molar refractivity (Wildman–Crippen MR) is 83.2 cm³/mol. The van der Waals surface area contributed by atoms with E-state index in [-0.39, 0.29) is 0 Å². The van der Waals surface area contributed by atoms with Crippen molar-refractivity contribution in [1.82, 2.24) is 15.1 Å². The van der Waals surface area contributed by atoms with E-state index in [0.29, 0.717) is 11.5 Å². The molecule has 1 aromatic heterocycles. The van der Waals surface area contributed by atoms with Crippen LogP contribution in [-0.2, 0) is 13.1 Å². The highest BCUT2D eigenvalue weighted by atomic mass is 79.9. The Labute approximate surface area is 125 Å². The van der Waals surface area contributed by atoms with Crippen molar-refractivity contribution >= 4 is 15.9 Å². The summed E-state index contributed by atoms with van der Waals surface area (Å²) in [4.78, 5) is 0. The highest BCUT2D eigenvalue weighted by molar-refractivity contribution is 9.10. The molecule has 3 nitrogen and oxygen atoms in total. The molecule has 1 heterocycles. The van der Waals surface area contributed by atoms with E-state index in [2.05, 4.69) is 58.7 Å². The minimum Gasteiger partial charge on any atom is -0.308 e. The van der Waals surface area contributed by atoms with Gasteiger partial charge in [-0.1, -0.05) is 26.7 Å². The summed E-state index contributed by atoms with van der Waals surface area (Å²) in [5, 5.41) is 8.32. The zero-order valence-corrected chi connectivity index (χ0v) is 14.2. The molecular formula is C15H26BrN3. The Morgan fingerprint density at radius 1 is 1.42 bits per heavy atom. The number of nitrogens with zero attached hydrogens (tertiary/aromatic N) is 2. The molecule has 4 heteroatoms. The molecule has 0 radical (unpaired) electrons. The van der Waals surface area contributed by atoms with Gasteiger partial charge >= 0.3 is 0 Å². The lowest BCUT2D eigenvalue weighted by atomic mass is 9.73. The van der Waals surface area contributed by atoms with Gasteiger partial charge < -0.3 is 5.32 Å². The van der Waals surface area contributed by atoms with Crippen LogP contribution in [0.25, 0.3) is 0 Å². The molecule has 2 rings (SSSR count). The fraction of sp³-hybridized carbons (Fsp3) is 0.800. The summed E-state index contributed by atoms with van der Waals surface area (Å²) in [6.45, 7) is 10.8. The van der Waals surface area contributed by atoms with Crippen LogP contribution in [-0.4, -0.2) is 15.8 Å². The Morgan fingerprint density at radius 3 is 2.79 bits per heavy atom. The molecule has 1 aromatic rings. The van der Waals surface area contributed by atoms with Crippen LogP contribution in [0.5, 0.6) is 0 Å². The molecule has 0 bridgehead atoms. The maximum atomic E-state index is 4.56. The van der Waals surface area contributed by atoms with Crippen molar-refractivity contribution in [3.05, 3.63) is 15.9 Å². The van der Waals surface area contributed by atoms with Crippen LogP contribution < -0.4 is 5.32 Å². The molecule has 108 valence electrons. The Kier molecular flexibility index (Phi) is 4.72. The Hall–Kier alpha value is -0.350. The van der Waals surface area contributed by atoms with E-state index in [1.54, 1.807) is 0 Å². The fourth-order valence-electron chi connectivity index (χ4n) is 3.13. The molecule has 1 aliphatic rings. The van der Waals surface area contributed by atoms with Gasteiger partial charge in [0.25, 0.3) is 0 Å². The van der Waals surface area contributed by atoms with Gasteiger partial charge in [-0.3, -0.25) is 4.68 Å². The average Bonchev–Trinajstić information content (AvgIpc) is 2.64. The molecule has 0 saturated heterocycles. The van der Waals surface area contributed by atoms with Crippen LogP contribution in [0, 0.1) is 12.3 Å². The van der Waals surface area contributed by atoms with E-state index in [4.69, 9.17) is 0 Å². The van der Waals surface area contributed by atoms with Crippen LogP contribution in [0.1, 0.15) is 57.8 Å². The van der Waals surface area contributed by atoms with E-state index in [1.807, 2.05) is 0 Å². The lowest BCUT2D eigenvalue weighted by molar-refractivity contribution is 0.166. The Morgan fingerprint density at radius 2 is 2.16 bits per heavy atom. The molecule has 0 aromatic carbocycles. The molecule has 19 heavy (non-hydrogen) atoms. The third-order valence-electron chi connectivity index (χ3n) is 4.48. The van der Waals surface area contributed by atoms with Crippen molar-refractivity contribution < 1.29 is 0 Å². The van der Waals surface area contributed by atoms with Crippen LogP contribution in [0.3, 0.4) is 0 Å². The second kappa shape index (κ2) is 5.96. The van der Waals surface area contributed by atoms with E-state index in [0.717, 1.165) is 23.3 Å². The first-order valence-electron chi connectivity index (χ1n) is 7.41. The number of aromatic nitrogens is 2. The molecule has 0 spiro atoms. The number of aryl methyl sites for hydroxylation is 2. The summed E-state index contributed by atoms with van der Waals surface area (Å²) in [6, 6.07) is 0.619. The largest absolute Gasteiger partial charge is 0.308 e.